The van der Waals surface area contributed by atoms with Gasteiger partial charge in [0.2, 0.25) is 10.0 Å². The molecule has 1 aliphatic heterocycles. The summed E-state index contributed by atoms with van der Waals surface area (Å²) in [5.41, 5.74) is 0.819. The second kappa shape index (κ2) is 9.09. The first kappa shape index (κ1) is 21.5. The maximum absolute atomic E-state index is 12.9. The number of hydrogen-bond acceptors (Lipinski definition) is 6. The minimum atomic E-state index is -3.58. The monoisotopic (exact) mass is 417 g/mol. The number of anilines is 3. The molecular formula is C21H31N5O2S. The van der Waals surface area contributed by atoms with Crippen LogP contribution < -0.4 is 10.2 Å². The molecule has 1 fully saturated rings. The molecule has 0 spiro atoms. The molecule has 0 aliphatic carbocycles. The van der Waals surface area contributed by atoms with Crippen LogP contribution in [0.3, 0.4) is 0 Å². The number of nitrogens with one attached hydrogen (secondary N) is 1. The van der Waals surface area contributed by atoms with E-state index in [1.54, 1.807) is 18.3 Å². The zero-order chi connectivity index (χ0) is 21.0. The van der Waals surface area contributed by atoms with E-state index in [1.807, 2.05) is 39.8 Å². The third-order valence-electron chi connectivity index (χ3n) is 5.03. The Kier molecular flexibility index (Phi) is 6.74. The minimum absolute atomic E-state index is 0.123. The summed E-state index contributed by atoms with van der Waals surface area (Å²) >= 11 is 0. The quantitative estimate of drug-likeness (QED) is 0.733. The molecule has 0 amide bonds. The lowest BCUT2D eigenvalue weighted by atomic mass is 10.1. The van der Waals surface area contributed by atoms with Crippen LogP contribution in [0.4, 0.5) is 17.3 Å². The summed E-state index contributed by atoms with van der Waals surface area (Å²) < 4.78 is 27.3. The summed E-state index contributed by atoms with van der Waals surface area (Å²) in [4.78, 5) is 11.4. The Morgan fingerprint density at radius 2 is 1.62 bits per heavy atom. The van der Waals surface area contributed by atoms with Crippen LogP contribution >= 0.6 is 0 Å². The minimum Gasteiger partial charge on any atom is -0.357 e. The predicted octanol–water partition coefficient (Wildman–Crippen LogP) is 4.02. The highest BCUT2D eigenvalue weighted by molar-refractivity contribution is 7.89. The third-order valence-corrected chi connectivity index (χ3v) is 7.27. The van der Waals surface area contributed by atoms with E-state index < -0.39 is 10.0 Å². The number of sulfonamides is 1. The molecule has 0 saturated carbocycles. The van der Waals surface area contributed by atoms with Crippen molar-refractivity contribution < 1.29 is 8.42 Å². The van der Waals surface area contributed by atoms with Gasteiger partial charge in [0.05, 0.1) is 11.9 Å². The maximum atomic E-state index is 12.9. The van der Waals surface area contributed by atoms with E-state index in [1.165, 1.54) is 29.8 Å². The summed E-state index contributed by atoms with van der Waals surface area (Å²) in [6.07, 6.45) is 6.91. The predicted molar refractivity (Wildman–Crippen MR) is 117 cm³/mol. The van der Waals surface area contributed by atoms with Crippen molar-refractivity contribution in [2.75, 3.05) is 23.3 Å². The summed E-state index contributed by atoms with van der Waals surface area (Å²) in [5.74, 6) is 1.57. The smallest absolute Gasteiger partial charge is 0.245 e. The fourth-order valence-corrected chi connectivity index (χ4v) is 5.58. The summed E-state index contributed by atoms with van der Waals surface area (Å²) in [6, 6.07) is 7.02. The molecule has 0 atom stereocenters. The highest BCUT2D eigenvalue weighted by Crippen LogP contribution is 2.23. The van der Waals surface area contributed by atoms with Crippen molar-refractivity contribution in [3.8, 4) is 0 Å². The van der Waals surface area contributed by atoms with E-state index in [9.17, 15) is 8.42 Å². The van der Waals surface area contributed by atoms with Crippen molar-refractivity contribution in [2.24, 2.45) is 0 Å². The second-order valence-corrected chi connectivity index (χ2v) is 9.82. The van der Waals surface area contributed by atoms with E-state index in [4.69, 9.17) is 0 Å². The SMILES string of the molecule is CC(C)N(C(C)C)S(=O)(=O)c1ccc(Nc2ccc(N3CCCCC3)nc2)nc1. The molecule has 158 valence electrons. The number of rotatable bonds is 7. The molecule has 8 heteroatoms. The van der Waals surface area contributed by atoms with Crippen molar-refractivity contribution >= 4 is 27.3 Å². The van der Waals surface area contributed by atoms with Gasteiger partial charge in [0.15, 0.2) is 0 Å². The largest absolute Gasteiger partial charge is 0.357 e. The topological polar surface area (TPSA) is 78.4 Å². The lowest BCUT2D eigenvalue weighted by Crippen LogP contribution is -2.41. The van der Waals surface area contributed by atoms with Gasteiger partial charge < -0.3 is 10.2 Å². The normalized spacial score (nSPS) is 15.3. The maximum Gasteiger partial charge on any atom is 0.245 e. The molecule has 0 radical (unpaired) electrons. The number of piperidine rings is 1. The van der Waals surface area contributed by atoms with E-state index >= 15 is 0 Å². The van der Waals surface area contributed by atoms with Crippen molar-refractivity contribution in [3.05, 3.63) is 36.7 Å². The first-order valence-corrected chi connectivity index (χ1v) is 11.7. The molecule has 29 heavy (non-hydrogen) atoms. The van der Waals surface area contributed by atoms with E-state index in [0.29, 0.717) is 5.82 Å². The molecule has 1 N–H and O–H groups in total. The van der Waals surface area contributed by atoms with Gasteiger partial charge in [-0.3, -0.25) is 0 Å². The Labute approximate surface area is 174 Å². The van der Waals surface area contributed by atoms with Crippen molar-refractivity contribution in [2.45, 2.75) is 63.9 Å². The molecule has 0 bridgehead atoms. The summed E-state index contributed by atoms with van der Waals surface area (Å²) in [5, 5.41) is 3.19. The molecule has 0 aromatic carbocycles. The van der Waals surface area contributed by atoms with E-state index in [0.717, 1.165) is 24.6 Å². The Morgan fingerprint density at radius 1 is 0.931 bits per heavy atom. The van der Waals surface area contributed by atoms with Crippen molar-refractivity contribution in [3.63, 3.8) is 0 Å². The molecular weight excluding hydrogens is 386 g/mol. The molecule has 1 aliphatic rings. The Hall–Kier alpha value is -2.19. The van der Waals surface area contributed by atoms with Gasteiger partial charge in [0.25, 0.3) is 0 Å². The molecule has 1 saturated heterocycles. The van der Waals surface area contributed by atoms with Gasteiger partial charge in [-0.1, -0.05) is 0 Å². The molecule has 7 nitrogen and oxygen atoms in total. The Morgan fingerprint density at radius 3 is 2.14 bits per heavy atom. The molecule has 3 rings (SSSR count). The highest BCUT2D eigenvalue weighted by atomic mass is 32.2. The van der Waals surface area contributed by atoms with Gasteiger partial charge in [-0.15, -0.1) is 0 Å². The van der Waals surface area contributed by atoms with Crippen LogP contribution in [0.25, 0.3) is 0 Å². The van der Waals surface area contributed by atoms with Gasteiger partial charge in [-0.25, -0.2) is 18.4 Å². The molecule has 3 heterocycles. The number of aromatic nitrogens is 2. The molecule has 2 aromatic heterocycles. The van der Waals surface area contributed by atoms with Crippen LogP contribution in [0.1, 0.15) is 47.0 Å². The van der Waals surface area contributed by atoms with Gasteiger partial charge in [-0.05, 0) is 71.2 Å². The fourth-order valence-electron chi connectivity index (χ4n) is 3.80. The zero-order valence-electron chi connectivity index (χ0n) is 17.7. The van der Waals surface area contributed by atoms with E-state index in [2.05, 4.69) is 20.2 Å². The van der Waals surface area contributed by atoms with Crippen LogP contribution in [-0.4, -0.2) is 47.9 Å². The van der Waals surface area contributed by atoms with Crippen LogP contribution in [0.2, 0.25) is 0 Å². The van der Waals surface area contributed by atoms with Gasteiger partial charge in [0.1, 0.15) is 16.5 Å². The van der Waals surface area contributed by atoms with Crippen LogP contribution in [-0.2, 0) is 10.0 Å². The van der Waals surface area contributed by atoms with Crippen molar-refractivity contribution in [1.82, 2.24) is 14.3 Å². The van der Waals surface area contributed by atoms with Crippen LogP contribution in [0.5, 0.6) is 0 Å². The second-order valence-electron chi connectivity index (χ2n) is 7.98. The van der Waals surface area contributed by atoms with Crippen LogP contribution in [0.15, 0.2) is 41.6 Å². The van der Waals surface area contributed by atoms with Gasteiger partial charge >= 0.3 is 0 Å². The lowest BCUT2D eigenvalue weighted by molar-refractivity contribution is 0.302. The first-order chi connectivity index (χ1) is 13.8. The van der Waals surface area contributed by atoms with Crippen molar-refractivity contribution in [1.29, 1.82) is 0 Å². The summed E-state index contributed by atoms with van der Waals surface area (Å²) in [6.45, 7) is 9.62. The number of hydrogen-bond donors (Lipinski definition) is 1. The average Bonchev–Trinajstić information content (AvgIpc) is 2.69. The standard InChI is InChI=1S/C21H31N5O2S/c1-16(2)26(17(3)4)29(27,28)19-9-10-20(22-15-19)24-18-8-11-21(23-14-18)25-12-6-5-7-13-25/h8-11,14-17H,5-7,12-13H2,1-4H3,(H,22,24). The van der Waals surface area contributed by atoms with Crippen LogP contribution in [0, 0.1) is 0 Å². The lowest BCUT2D eigenvalue weighted by Gasteiger charge is -2.29. The number of pyridine rings is 2. The average molecular weight is 418 g/mol. The highest BCUT2D eigenvalue weighted by Gasteiger charge is 2.29. The molecule has 0 unspecified atom stereocenters. The number of nitrogens with zero attached hydrogens (tertiary/aromatic N) is 4. The van der Waals surface area contributed by atoms with Gasteiger partial charge in [0, 0.05) is 31.4 Å². The zero-order valence-corrected chi connectivity index (χ0v) is 18.5. The fraction of sp³-hybridized carbons (Fsp3) is 0.524. The Bertz CT molecular complexity index is 882. The third kappa shape index (κ3) is 5.05. The van der Waals surface area contributed by atoms with Gasteiger partial charge in [-0.2, -0.15) is 4.31 Å². The Balaban J connectivity index is 1.70. The van der Waals surface area contributed by atoms with E-state index in [-0.39, 0.29) is 17.0 Å². The first-order valence-electron chi connectivity index (χ1n) is 10.3. The summed E-state index contributed by atoms with van der Waals surface area (Å²) in [7, 11) is -3.58. The molecule has 2 aromatic rings.